The molecule has 0 spiro atoms. The standard InChI is InChI=1S/C12H18N4/c1-10(2)8-16(6-4-5-13)12-7-11(3)14-9-15-12/h7,9-10H,4,6,8H2,1-3H3. The average Bonchev–Trinajstić information content (AvgIpc) is 2.23. The van der Waals surface area contributed by atoms with E-state index in [1.165, 1.54) is 0 Å². The Kier molecular flexibility index (Phi) is 4.71. The molecule has 0 saturated heterocycles. The summed E-state index contributed by atoms with van der Waals surface area (Å²) in [7, 11) is 0. The highest BCUT2D eigenvalue weighted by atomic mass is 15.2. The molecule has 1 aromatic rings. The van der Waals surface area contributed by atoms with Gasteiger partial charge in [-0.2, -0.15) is 5.26 Å². The van der Waals surface area contributed by atoms with E-state index in [0.29, 0.717) is 12.3 Å². The molecule has 4 heteroatoms. The molecule has 0 saturated carbocycles. The highest BCUT2D eigenvalue weighted by Crippen LogP contribution is 2.13. The molecule has 0 fully saturated rings. The fourth-order valence-corrected chi connectivity index (χ4v) is 1.54. The summed E-state index contributed by atoms with van der Waals surface area (Å²) < 4.78 is 0. The lowest BCUT2D eigenvalue weighted by atomic mass is 10.2. The van der Waals surface area contributed by atoms with Crippen LogP contribution >= 0.6 is 0 Å². The van der Waals surface area contributed by atoms with Gasteiger partial charge in [0.1, 0.15) is 12.1 Å². The molecule has 0 aliphatic rings. The Labute approximate surface area is 96.9 Å². The quantitative estimate of drug-likeness (QED) is 0.760. The van der Waals surface area contributed by atoms with E-state index >= 15 is 0 Å². The first-order valence-electron chi connectivity index (χ1n) is 5.54. The Hall–Kier alpha value is -1.63. The van der Waals surface area contributed by atoms with Crippen molar-refractivity contribution in [2.75, 3.05) is 18.0 Å². The van der Waals surface area contributed by atoms with Gasteiger partial charge in [-0.1, -0.05) is 13.8 Å². The van der Waals surface area contributed by atoms with Crippen LogP contribution in [0.2, 0.25) is 0 Å². The topological polar surface area (TPSA) is 52.8 Å². The second-order valence-corrected chi connectivity index (χ2v) is 4.27. The Bertz CT molecular complexity index is 368. The van der Waals surface area contributed by atoms with E-state index < -0.39 is 0 Å². The lowest BCUT2D eigenvalue weighted by Gasteiger charge is -2.24. The molecular weight excluding hydrogens is 200 g/mol. The van der Waals surface area contributed by atoms with Crippen molar-refractivity contribution >= 4 is 5.82 Å². The minimum absolute atomic E-state index is 0.524. The van der Waals surface area contributed by atoms with Gasteiger partial charge in [-0.15, -0.1) is 0 Å². The normalized spacial score (nSPS) is 10.2. The maximum atomic E-state index is 8.64. The van der Waals surface area contributed by atoms with E-state index in [-0.39, 0.29) is 0 Å². The van der Waals surface area contributed by atoms with Crippen molar-refractivity contribution in [3.05, 3.63) is 18.1 Å². The predicted molar refractivity (Wildman–Crippen MR) is 64.1 cm³/mol. The number of anilines is 1. The van der Waals surface area contributed by atoms with Gasteiger partial charge in [0.15, 0.2) is 0 Å². The zero-order valence-corrected chi connectivity index (χ0v) is 10.1. The molecule has 4 nitrogen and oxygen atoms in total. The van der Waals surface area contributed by atoms with Crippen LogP contribution in [-0.2, 0) is 0 Å². The summed E-state index contributed by atoms with van der Waals surface area (Å²) in [4.78, 5) is 10.5. The fraction of sp³-hybridized carbons (Fsp3) is 0.583. The summed E-state index contributed by atoms with van der Waals surface area (Å²) in [6.07, 6.45) is 2.10. The second kappa shape index (κ2) is 6.06. The van der Waals surface area contributed by atoms with Crippen molar-refractivity contribution in [1.29, 1.82) is 5.26 Å². The third-order valence-electron chi connectivity index (χ3n) is 2.19. The number of aryl methyl sites for hydroxylation is 1. The molecule has 0 bridgehead atoms. The van der Waals surface area contributed by atoms with Gasteiger partial charge < -0.3 is 4.90 Å². The summed E-state index contributed by atoms with van der Waals surface area (Å²) >= 11 is 0. The van der Waals surface area contributed by atoms with Crippen LogP contribution in [0.1, 0.15) is 26.0 Å². The number of rotatable bonds is 5. The van der Waals surface area contributed by atoms with Crippen molar-refractivity contribution < 1.29 is 0 Å². The molecule has 16 heavy (non-hydrogen) atoms. The minimum atomic E-state index is 0.524. The Morgan fingerprint density at radius 3 is 2.75 bits per heavy atom. The van der Waals surface area contributed by atoms with Crippen molar-refractivity contribution in [2.24, 2.45) is 5.92 Å². The minimum Gasteiger partial charge on any atom is -0.355 e. The molecule has 86 valence electrons. The monoisotopic (exact) mass is 218 g/mol. The summed E-state index contributed by atoms with van der Waals surface area (Å²) in [5, 5.41) is 8.64. The summed E-state index contributed by atoms with van der Waals surface area (Å²) in [5.74, 6) is 1.46. The molecule has 1 rings (SSSR count). The highest BCUT2D eigenvalue weighted by molar-refractivity contribution is 5.38. The Morgan fingerprint density at radius 1 is 1.44 bits per heavy atom. The summed E-state index contributed by atoms with van der Waals surface area (Å²) in [6, 6.07) is 4.13. The molecule has 0 aliphatic heterocycles. The maximum Gasteiger partial charge on any atom is 0.132 e. The first-order chi connectivity index (χ1) is 7.63. The number of hydrogen-bond acceptors (Lipinski definition) is 4. The summed E-state index contributed by atoms with van der Waals surface area (Å²) in [5.41, 5.74) is 0.954. The van der Waals surface area contributed by atoms with Crippen molar-refractivity contribution in [3.63, 3.8) is 0 Å². The molecule has 1 aromatic heterocycles. The molecule has 0 N–H and O–H groups in total. The SMILES string of the molecule is Cc1cc(N(CCC#N)CC(C)C)ncn1. The lowest BCUT2D eigenvalue weighted by Crippen LogP contribution is -2.29. The van der Waals surface area contributed by atoms with Crippen molar-refractivity contribution in [3.8, 4) is 6.07 Å². The third kappa shape index (κ3) is 3.85. The van der Waals surface area contributed by atoms with E-state index in [2.05, 4.69) is 34.8 Å². The van der Waals surface area contributed by atoms with Gasteiger partial charge in [0, 0.05) is 24.8 Å². The fourth-order valence-electron chi connectivity index (χ4n) is 1.54. The van der Waals surface area contributed by atoms with Crippen LogP contribution < -0.4 is 4.90 Å². The van der Waals surface area contributed by atoms with Crippen LogP contribution in [0.4, 0.5) is 5.82 Å². The third-order valence-corrected chi connectivity index (χ3v) is 2.19. The van der Waals surface area contributed by atoms with E-state index in [0.717, 1.165) is 24.6 Å². The summed E-state index contributed by atoms with van der Waals surface area (Å²) in [6.45, 7) is 7.91. The van der Waals surface area contributed by atoms with Crippen LogP contribution in [-0.4, -0.2) is 23.1 Å². The van der Waals surface area contributed by atoms with E-state index in [1.54, 1.807) is 6.33 Å². The molecule has 0 radical (unpaired) electrons. The lowest BCUT2D eigenvalue weighted by molar-refractivity contribution is 0.607. The Morgan fingerprint density at radius 2 is 2.19 bits per heavy atom. The van der Waals surface area contributed by atoms with Gasteiger partial charge in [0.05, 0.1) is 12.5 Å². The molecule has 0 aliphatic carbocycles. The highest BCUT2D eigenvalue weighted by Gasteiger charge is 2.09. The van der Waals surface area contributed by atoms with E-state index in [9.17, 15) is 0 Å². The molecule has 0 aromatic carbocycles. The number of hydrogen-bond donors (Lipinski definition) is 0. The smallest absolute Gasteiger partial charge is 0.132 e. The van der Waals surface area contributed by atoms with Crippen LogP contribution in [0, 0.1) is 24.2 Å². The van der Waals surface area contributed by atoms with Crippen LogP contribution in [0.5, 0.6) is 0 Å². The molecule has 1 heterocycles. The zero-order valence-electron chi connectivity index (χ0n) is 10.1. The number of nitriles is 1. The molecule has 0 amide bonds. The second-order valence-electron chi connectivity index (χ2n) is 4.27. The van der Waals surface area contributed by atoms with Gasteiger partial charge in [0.25, 0.3) is 0 Å². The van der Waals surface area contributed by atoms with Gasteiger partial charge >= 0.3 is 0 Å². The largest absolute Gasteiger partial charge is 0.355 e. The van der Waals surface area contributed by atoms with E-state index in [4.69, 9.17) is 5.26 Å². The van der Waals surface area contributed by atoms with Gasteiger partial charge in [0.2, 0.25) is 0 Å². The molecular formula is C12H18N4. The van der Waals surface area contributed by atoms with Crippen LogP contribution in [0.25, 0.3) is 0 Å². The van der Waals surface area contributed by atoms with E-state index in [1.807, 2.05) is 13.0 Å². The molecule has 0 unspecified atom stereocenters. The number of nitrogens with zero attached hydrogens (tertiary/aromatic N) is 4. The average molecular weight is 218 g/mol. The molecule has 0 atom stereocenters. The van der Waals surface area contributed by atoms with Gasteiger partial charge in [-0.25, -0.2) is 9.97 Å². The van der Waals surface area contributed by atoms with Crippen LogP contribution in [0.15, 0.2) is 12.4 Å². The zero-order chi connectivity index (χ0) is 12.0. The van der Waals surface area contributed by atoms with Crippen molar-refractivity contribution in [2.45, 2.75) is 27.2 Å². The first kappa shape index (κ1) is 12.4. The van der Waals surface area contributed by atoms with Gasteiger partial charge in [-0.05, 0) is 12.8 Å². The maximum absolute atomic E-state index is 8.64. The van der Waals surface area contributed by atoms with Crippen LogP contribution in [0.3, 0.4) is 0 Å². The first-order valence-corrected chi connectivity index (χ1v) is 5.54. The predicted octanol–water partition coefficient (Wildman–Crippen LogP) is 2.16. The Balaban J connectivity index is 2.79. The van der Waals surface area contributed by atoms with Gasteiger partial charge in [-0.3, -0.25) is 0 Å². The number of aromatic nitrogens is 2. The van der Waals surface area contributed by atoms with Crippen molar-refractivity contribution in [1.82, 2.24) is 9.97 Å².